The first-order valence-electron chi connectivity index (χ1n) is 9.02. The smallest absolute Gasteiger partial charge is 0.267 e. The van der Waals surface area contributed by atoms with Crippen molar-refractivity contribution >= 4 is 39.3 Å². The Morgan fingerprint density at radius 2 is 1.58 bits per heavy atom. The molecule has 2 heterocycles. The van der Waals surface area contributed by atoms with Crippen LogP contribution in [-0.2, 0) is 0 Å². The fourth-order valence-corrected chi connectivity index (χ4v) is 3.27. The molecule has 0 radical (unpaired) electrons. The molecule has 0 atom stereocenters. The Kier molecular flexibility index (Phi) is 6.06. The molecule has 4 rings (SSSR count). The standard InChI is InChI=1S/C21H14BrClN6O2/c22-14-11-16(17(23)24-12-14)20(30)26-27-21(31)18-25-19(13-7-3-1-4-8-13)29(28-18)15-9-5-2-6-10-15/h1-12H,(H,26,30)(H,27,31). The second-order valence-corrected chi connectivity index (χ2v) is 7.55. The summed E-state index contributed by atoms with van der Waals surface area (Å²) in [6.07, 6.45) is 1.46. The number of pyridine rings is 1. The average molecular weight is 498 g/mol. The molecule has 10 heteroatoms. The summed E-state index contributed by atoms with van der Waals surface area (Å²) in [6, 6.07) is 20.2. The molecule has 0 bridgehead atoms. The van der Waals surface area contributed by atoms with Crippen LogP contribution in [-0.4, -0.2) is 31.6 Å². The van der Waals surface area contributed by atoms with Crippen LogP contribution in [0.3, 0.4) is 0 Å². The first-order chi connectivity index (χ1) is 15.0. The molecule has 0 aliphatic heterocycles. The van der Waals surface area contributed by atoms with Crippen LogP contribution in [0.1, 0.15) is 21.0 Å². The van der Waals surface area contributed by atoms with Gasteiger partial charge in [-0.25, -0.2) is 14.6 Å². The Bertz CT molecular complexity index is 1190. The molecule has 4 aromatic rings. The van der Waals surface area contributed by atoms with E-state index in [4.69, 9.17) is 11.6 Å². The van der Waals surface area contributed by atoms with Gasteiger partial charge < -0.3 is 0 Å². The van der Waals surface area contributed by atoms with E-state index in [1.54, 1.807) is 4.68 Å². The number of para-hydroxylation sites is 1. The van der Waals surface area contributed by atoms with Crippen LogP contribution in [0.4, 0.5) is 0 Å². The number of halogens is 2. The third-order valence-corrected chi connectivity index (χ3v) is 4.92. The van der Waals surface area contributed by atoms with Crippen molar-refractivity contribution in [1.82, 2.24) is 30.6 Å². The summed E-state index contributed by atoms with van der Waals surface area (Å²) in [6.45, 7) is 0. The largest absolute Gasteiger partial charge is 0.309 e. The molecule has 31 heavy (non-hydrogen) atoms. The van der Waals surface area contributed by atoms with E-state index >= 15 is 0 Å². The second-order valence-electron chi connectivity index (χ2n) is 6.27. The highest BCUT2D eigenvalue weighted by molar-refractivity contribution is 9.10. The lowest BCUT2D eigenvalue weighted by Crippen LogP contribution is -2.42. The van der Waals surface area contributed by atoms with E-state index in [1.165, 1.54) is 12.3 Å². The number of carbonyl (C=O) groups excluding carboxylic acids is 2. The summed E-state index contributed by atoms with van der Waals surface area (Å²) in [7, 11) is 0. The maximum Gasteiger partial charge on any atom is 0.309 e. The van der Waals surface area contributed by atoms with E-state index in [0.717, 1.165) is 11.3 Å². The molecular weight excluding hydrogens is 484 g/mol. The molecule has 2 amide bonds. The Morgan fingerprint density at radius 3 is 2.29 bits per heavy atom. The first-order valence-corrected chi connectivity index (χ1v) is 10.2. The molecule has 0 unspecified atom stereocenters. The Morgan fingerprint density at radius 1 is 0.935 bits per heavy atom. The van der Waals surface area contributed by atoms with E-state index in [1.807, 2.05) is 60.7 Å². The summed E-state index contributed by atoms with van der Waals surface area (Å²) in [4.78, 5) is 33.3. The van der Waals surface area contributed by atoms with E-state index in [0.29, 0.717) is 10.3 Å². The van der Waals surface area contributed by atoms with E-state index in [2.05, 4.69) is 41.8 Å². The van der Waals surface area contributed by atoms with Gasteiger partial charge in [0, 0.05) is 16.2 Å². The summed E-state index contributed by atoms with van der Waals surface area (Å²) in [5.74, 6) is -0.929. The Balaban J connectivity index is 1.59. The number of carbonyl (C=O) groups is 2. The van der Waals surface area contributed by atoms with Gasteiger partial charge in [0.25, 0.3) is 5.91 Å². The van der Waals surface area contributed by atoms with E-state index in [-0.39, 0.29) is 16.5 Å². The van der Waals surface area contributed by atoms with Crippen molar-refractivity contribution < 1.29 is 9.59 Å². The van der Waals surface area contributed by atoms with Crippen molar-refractivity contribution in [3.63, 3.8) is 0 Å². The lowest BCUT2D eigenvalue weighted by atomic mass is 10.2. The number of amides is 2. The lowest BCUT2D eigenvalue weighted by Gasteiger charge is -2.07. The van der Waals surface area contributed by atoms with Gasteiger partial charge in [-0.05, 0) is 34.1 Å². The minimum atomic E-state index is -0.681. The van der Waals surface area contributed by atoms with Crippen LogP contribution >= 0.6 is 27.5 Å². The zero-order valence-electron chi connectivity index (χ0n) is 15.8. The lowest BCUT2D eigenvalue weighted by molar-refractivity contribution is 0.0841. The quantitative estimate of drug-likeness (QED) is 0.330. The van der Waals surface area contributed by atoms with Gasteiger partial charge in [0.2, 0.25) is 5.82 Å². The normalized spacial score (nSPS) is 10.5. The van der Waals surface area contributed by atoms with Gasteiger partial charge in [-0.15, -0.1) is 5.10 Å². The monoisotopic (exact) mass is 496 g/mol. The van der Waals surface area contributed by atoms with Crippen molar-refractivity contribution in [3.05, 3.63) is 93.9 Å². The Labute approximate surface area is 190 Å². The summed E-state index contributed by atoms with van der Waals surface area (Å²) in [5, 5.41) is 4.34. The topological polar surface area (TPSA) is 102 Å². The summed E-state index contributed by atoms with van der Waals surface area (Å²) in [5.41, 5.74) is 6.24. The number of hydrazine groups is 1. The van der Waals surface area contributed by atoms with Gasteiger partial charge in [-0.1, -0.05) is 60.1 Å². The van der Waals surface area contributed by atoms with Gasteiger partial charge in [0.1, 0.15) is 5.15 Å². The maximum absolute atomic E-state index is 12.6. The molecule has 0 spiro atoms. The van der Waals surface area contributed by atoms with Gasteiger partial charge in [0.05, 0.1) is 11.3 Å². The number of rotatable bonds is 4. The van der Waals surface area contributed by atoms with Crippen LogP contribution < -0.4 is 10.9 Å². The molecule has 0 aliphatic rings. The summed E-state index contributed by atoms with van der Waals surface area (Å²) < 4.78 is 2.14. The number of benzene rings is 2. The molecule has 2 aromatic carbocycles. The van der Waals surface area contributed by atoms with Gasteiger partial charge in [-0.3, -0.25) is 20.4 Å². The van der Waals surface area contributed by atoms with E-state index in [9.17, 15) is 9.59 Å². The average Bonchev–Trinajstić information content (AvgIpc) is 3.26. The third kappa shape index (κ3) is 4.62. The number of aromatic nitrogens is 4. The van der Waals surface area contributed by atoms with Crippen molar-refractivity contribution in [2.75, 3.05) is 0 Å². The van der Waals surface area contributed by atoms with Crippen LogP contribution in [0.2, 0.25) is 5.15 Å². The third-order valence-electron chi connectivity index (χ3n) is 4.18. The summed E-state index contributed by atoms with van der Waals surface area (Å²) >= 11 is 9.17. The highest BCUT2D eigenvalue weighted by Gasteiger charge is 2.20. The zero-order chi connectivity index (χ0) is 21.8. The van der Waals surface area contributed by atoms with Gasteiger partial charge in [0.15, 0.2) is 5.82 Å². The molecule has 0 saturated heterocycles. The molecule has 2 N–H and O–H groups in total. The van der Waals surface area contributed by atoms with Crippen molar-refractivity contribution in [1.29, 1.82) is 0 Å². The number of hydrogen-bond acceptors (Lipinski definition) is 5. The highest BCUT2D eigenvalue weighted by Crippen LogP contribution is 2.21. The molecule has 154 valence electrons. The molecular formula is C21H14BrClN6O2. The Hall–Kier alpha value is -3.56. The highest BCUT2D eigenvalue weighted by atomic mass is 79.9. The zero-order valence-corrected chi connectivity index (χ0v) is 18.1. The predicted octanol–water partition coefficient (Wildman–Crippen LogP) is 3.82. The van der Waals surface area contributed by atoms with Crippen molar-refractivity contribution in [2.45, 2.75) is 0 Å². The molecule has 0 saturated carbocycles. The minimum absolute atomic E-state index is 0.00722. The molecule has 0 fully saturated rings. The predicted molar refractivity (Wildman–Crippen MR) is 119 cm³/mol. The van der Waals surface area contributed by atoms with E-state index < -0.39 is 11.8 Å². The van der Waals surface area contributed by atoms with Crippen LogP contribution in [0.25, 0.3) is 17.1 Å². The maximum atomic E-state index is 12.6. The number of hydrogen-bond donors (Lipinski definition) is 2. The van der Waals surface area contributed by atoms with Crippen molar-refractivity contribution in [3.8, 4) is 17.1 Å². The van der Waals surface area contributed by atoms with Crippen molar-refractivity contribution in [2.24, 2.45) is 0 Å². The van der Waals surface area contributed by atoms with Gasteiger partial charge >= 0.3 is 5.91 Å². The fraction of sp³-hybridized carbons (Fsp3) is 0. The molecule has 0 aliphatic carbocycles. The van der Waals surface area contributed by atoms with Crippen LogP contribution in [0.5, 0.6) is 0 Å². The second kappa shape index (κ2) is 9.07. The SMILES string of the molecule is O=C(NNC(=O)c1cc(Br)cnc1Cl)c1nc(-c2ccccc2)n(-c2ccccc2)n1. The number of nitrogens with one attached hydrogen (secondary N) is 2. The number of nitrogens with zero attached hydrogens (tertiary/aromatic N) is 4. The van der Waals surface area contributed by atoms with Crippen LogP contribution in [0, 0.1) is 0 Å². The molecule has 8 nitrogen and oxygen atoms in total. The fourth-order valence-electron chi connectivity index (χ4n) is 2.75. The van der Waals surface area contributed by atoms with Crippen LogP contribution in [0.15, 0.2) is 77.4 Å². The first kappa shape index (κ1) is 20.7. The minimum Gasteiger partial charge on any atom is -0.267 e. The molecule has 2 aromatic heterocycles. The van der Waals surface area contributed by atoms with Gasteiger partial charge in [-0.2, -0.15) is 0 Å².